The van der Waals surface area contributed by atoms with E-state index in [1.165, 1.54) is 44.1 Å². The molecule has 0 bridgehead atoms. The Morgan fingerprint density at radius 3 is 2.39 bits per heavy atom. The van der Waals surface area contributed by atoms with E-state index < -0.39 is 0 Å². The number of hydrogen-bond donors (Lipinski definition) is 2. The zero-order valence-electron chi connectivity index (χ0n) is 24.3. The molecule has 3 saturated carbocycles. The average molecular weight is 519 g/mol. The van der Waals surface area contributed by atoms with Gasteiger partial charge in [0, 0.05) is 11.4 Å². The van der Waals surface area contributed by atoms with Crippen LogP contribution in [0, 0.1) is 46.3 Å². The molecule has 0 spiro atoms. The molecule has 5 rings (SSSR count). The van der Waals surface area contributed by atoms with E-state index in [2.05, 4.69) is 52.8 Å². The number of anilines is 2. The second-order valence-corrected chi connectivity index (χ2v) is 14.0. The molecule has 8 unspecified atom stereocenters. The Hall–Kier alpha value is -2.23. The summed E-state index contributed by atoms with van der Waals surface area (Å²) in [5, 5.41) is 0. The summed E-state index contributed by atoms with van der Waals surface area (Å²) in [4.78, 5) is 12.9. The summed E-state index contributed by atoms with van der Waals surface area (Å²) in [7, 11) is 0. The summed E-state index contributed by atoms with van der Waals surface area (Å²) in [6, 6.07) is 4.99. The van der Waals surface area contributed by atoms with Crippen molar-refractivity contribution in [2.24, 2.45) is 46.3 Å². The second-order valence-electron chi connectivity index (χ2n) is 14.0. The largest absolute Gasteiger partial charge is 0.459 e. The average Bonchev–Trinajstić information content (AvgIpc) is 3.20. The molecule has 0 heterocycles. The Balaban J connectivity index is 1.26. The molecule has 4 heteroatoms. The number of esters is 1. The summed E-state index contributed by atoms with van der Waals surface area (Å²) in [6.07, 6.45) is 18.6. The number of nitrogens with two attached hydrogens (primary N) is 2. The fraction of sp³-hybridized carbons (Fsp3) is 0.676. The van der Waals surface area contributed by atoms with Crippen molar-refractivity contribution in [3.8, 4) is 0 Å². The summed E-state index contributed by atoms with van der Waals surface area (Å²) in [5.74, 6) is 4.10. The lowest BCUT2D eigenvalue weighted by Gasteiger charge is -2.59. The van der Waals surface area contributed by atoms with Crippen LogP contribution in [0.15, 0.2) is 42.0 Å². The van der Waals surface area contributed by atoms with Crippen LogP contribution in [-0.2, 0) is 4.74 Å². The number of benzene rings is 1. The van der Waals surface area contributed by atoms with Crippen LogP contribution >= 0.6 is 0 Å². The first-order valence-electron chi connectivity index (χ1n) is 15.2. The van der Waals surface area contributed by atoms with E-state index in [1.807, 2.05) is 0 Å². The van der Waals surface area contributed by atoms with Crippen molar-refractivity contribution in [2.75, 3.05) is 11.5 Å². The summed E-state index contributed by atoms with van der Waals surface area (Å²) >= 11 is 0. The lowest BCUT2D eigenvalue weighted by molar-refractivity contribution is -0.0843. The minimum Gasteiger partial charge on any atom is -0.459 e. The maximum atomic E-state index is 12.9. The van der Waals surface area contributed by atoms with Gasteiger partial charge in [0.25, 0.3) is 0 Å². The van der Waals surface area contributed by atoms with Gasteiger partial charge >= 0.3 is 5.97 Å². The lowest BCUT2D eigenvalue weighted by atomic mass is 9.46. The first-order valence-corrected chi connectivity index (χ1v) is 15.2. The molecular formula is C34H50N2O2. The SMILES string of the molecule is CC(C)=CCCC(C)C1CCC2C3C=CC4CC(OC(=O)c5cc(N)cc(N)c5)CC[C@@]4(C)C3CCC12C. The van der Waals surface area contributed by atoms with E-state index in [0.29, 0.717) is 39.6 Å². The summed E-state index contributed by atoms with van der Waals surface area (Å²) in [6.45, 7) is 12.2. The molecule has 0 radical (unpaired) electrons. The molecule has 0 amide bonds. The molecule has 4 aliphatic carbocycles. The highest BCUT2D eigenvalue weighted by Crippen LogP contribution is 2.67. The van der Waals surface area contributed by atoms with Crippen molar-refractivity contribution in [3.63, 3.8) is 0 Å². The lowest BCUT2D eigenvalue weighted by Crippen LogP contribution is -2.52. The minimum atomic E-state index is -0.306. The summed E-state index contributed by atoms with van der Waals surface area (Å²) in [5.41, 5.74) is 15.5. The fourth-order valence-corrected chi connectivity index (χ4v) is 9.51. The van der Waals surface area contributed by atoms with Crippen molar-refractivity contribution < 1.29 is 9.53 Å². The van der Waals surface area contributed by atoms with Gasteiger partial charge in [-0.2, -0.15) is 0 Å². The van der Waals surface area contributed by atoms with E-state index >= 15 is 0 Å². The molecule has 38 heavy (non-hydrogen) atoms. The molecule has 1 aromatic rings. The molecule has 0 aliphatic heterocycles. The molecule has 4 N–H and O–H groups in total. The number of carbonyl (C=O) groups excluding carboxylic acids is 1. The zero-order chi connectivity index (χ0) is 27.2. The monoisotopic (exact) mass is 518 g/mol. The normalized spacial score (nSPS) is 38.4. The summed E-state index contributed by atoms with van der Waals surface area (Å²) < 4.78 is 6.00. The predicted molar refractivity (Wildman–Crippen MR) is 157 cm³/mol. The Kier molecular flexibility index (Phi) is 7.48. The smallest absolute Gasteiger partial charge is 0.338 e. The Bertz CT molecular complexity index is 1080. The molecule has 9 atom stereocenters. The molecule has 4 nitrogen and oxygen atoms in total. The van der Waals surface area contributed by atoms with Gasteiger partial charge in [-0.25, -0.2) is 4.79 Å². The van der Waals surface area contributed by atoms with Gasteiger partial charge in [-0.3, -0.25) is 0 Å². The van der Waals surface area contributed by atoms with Gasteiger partial charge in [-0.05, 0) is 136 Å². The Morgan fingerprint density at radius 2 is 1.68 bits per heavy atom. The highest BCUT2D eigenvalue weighted by Gasteiger charge is 2.59. The van der Waals surface area contributed by atoms with Crippen molar-refractivity contribution in [1.82, 2.24) is 0 Å². The van der Waals surface area contributed by atoms with E-state index in [9.17, 15) is 4.79 Å². The molecule has 3 fully saturated rings. The molecular weight excluding hydrogens is 468 g/mol. The molecule has 0 aromatic heterocycles. The van der Waals surface area contributed by atoms with Gasteiger partial charge in [0.15, 0.2) is 0 Å². The topological polar surface area (TPSA) is 78.3 Å². The quantitative estimate of drug-likeness (QED) is 0.226. The number of fused-ring (bicyclic) bond motifs is 5. The van der Waals surface area contributed by atoms with Gasteiger partial charge in [0.1, 0.15) is 6.10 Å². The molecule has 0 saturated heterocycles. The maximum absolute atomic E-state index is 12.9. The third-order valence-corrected chi connectivity index (χ3v) is 11.5. The molecule has 4 aliphatic rings. The van der Waals surface area contributed by atoms with Crippen LogP contribution in [0.5, 0.6) is 0 Å². The number of rotatable bonds is 6. The second kappa shape index (κ2) is 10.4. The van der Waals surface area contributed by atoms with Crippen LogP contribution < -0.4 is 11.5 Å². The van der Waals surface area contributed by atoms with Gasteiger partial charge < -0.3 is 16.2 Å². The van der Waals surface area contributed by atoms with Crippen LogP contribution in [-0.4, -0.2) is 12.1 Å². The maximum Gasteiger partial charge on any atom is 0.338 e. The van der Waals surface area contributed by atoms with Crippen LogP contribution in [0.4, 0.5) is 11.4 Å². The number of carbonyl (C=O) groups is 1. The standard InChI is InChI=1S/C34H50N2O2/c1-21(2)7-6-8-22(3)29-11-12-30-28-10-9-24-19-27(38-32(37)23-17-25(35)20-26(36)18-23)13-15-33(24,4)31(28)14-16-34(29,30)5/h7,9-10,17-18,20,22,24,27-31H,6,8,11-16,19,35-36H2,1-5H3/t22?,24?,27?,28?,29?,30?,31?,33-,34?/m1/s1. The van der Waals surface area contributed by atoms with Gasteiger partial charge in [0.05, 0.1) is 5.56 Å². The van der Waals surface area contributed by atoms with Crippen molar-refractivity contribution in [1.29, 1.82) is 0 Å². The van der Waals surface area contributed by atoms with Crippen LogP contribution in [0.25, 0.3) is 0 Å². The van der Waals surface area contributed by atoms with Crippen LogP contribution in [0.2, 0.25) is 0 Å². The first kappa shape index (κ1) is 27.3. The number of hydrogen-bond acceptors (Lipinski definition) is 4. The van der Waals surface area contributed by atoms with Gasteiger partial charge in [0.2, 0.25) is 0 Å². The fourth-order valence-electron chi connectivity index (χ4n) is 9.51. The van der Waals surface area contributed by atoms with Crippen LogP contribution in [0.3, 0.4) is 0 Å². The van der Waals surface area contributed by atoms with Crippen LogP contribution in [0.1, 0.15) is 103 Å². The van der Waals surface area contributed by atoms with E-state index in [-0.39, 0.29) is 12.1 Å². The van der Waals surface area contributed by atoms with E-state index in [0.717, 1.165) is 42.9 Å². The number of ether oxygens (including phenoxy) is 1. The third kappa shape index (κ3) is 4.93. The van der Waals surface area contributed by atoms with Crippen molar-refractivity contribution >= 4 is 17.3 Å². The predicted octanol–water partition coefficient (Wildman–Crippen LogP) is 8.19. The van der Waals surface area contributed by atoms with Crippen molar-refractivity contribution in [2.45, 2.75) is 98.5 Å². The Morgan fingerprint density at radius 1 is 1.00 bits per heavy atom. The van der Waals surface area contributed by atoms with Crippen molar-refractivity contribution in [3.05, 3.63) is 47.6 Å². The number of nitrogen functional groups attached to an aromatic ring is 2. The highest BCUT2D eigenvalue weighted by atomic mass is 16.5. The molecule has 208 valence electrons. The van der Waals surface area contributed by atoms with E-state index in [4.69, 9.17) is 16.2 Å². The van der Waals surface area contributed by atoms with Gasteiger partial charge in [-0.1, -0.05) is 44.6 Å². The highest BCUT2D eigenvalue weighted by molar-refractivity contribution is 5.91. The van der Waals surface area contributed by atoms with E-state index in [1.54, 1.807) is 18.2 Å². The number of allylic oxidation sites excluding steroid dienone is 4. The third-order valence-electron chi connectivity index (χ3n) is 11.5. The first-order chi connectivity index (χ1) is 18.0. The molecule has 1 aromatic carbocycles. The zero-order valence-corrected chi connectivity index (χ0v) is 24.3. The minimum absolute atomic E-state index is 0.0456. The van der Waals surface area contributed by atoms with Gasteiger partial charge in [-0.15, -0.1) is 0 Å². The Labute approximate surface area is 230 Å².